The number of nitrogens with zero attached hydrogens (tertiary/aromatic N) is 1. The number of rotatable bonds is 11. The lowest BCUT2D eigenvalue weighted by Gasteiger charge is -2.43. The summed E-state index contributed by atoms with van der Waals surface area (Å²) < 4.78 is 2.25. The Morgan fingerprint density at radius 1 is 0.487 bits per heavy atom. The Bertz CT molecular complexity index is 1260. The highest BCUT2D eigenvalue weighted by Crippen LogP contribution is 2.18. The minimum absolute atomic E-state index is 0.938. The largest absolute Gasteiger partial charge is 0.212 e. The SMILES string of the molecule is CCCCCCCC[B-](c1ccccc1)(c1ccccc1)c1ccccc1.CC[n+]1cccc2ccccc21. The molecule has 200 valence electrons. The first-order valence-corrected chi connectivity index (χ1v) is 15.0. The van der Waals surface area contributed by atoms with Crippen molar-refractivity contribution < 1.29 is 4.57 Å². The van der Waals surface area contributed by atoms with E-state index in [4.69, 9.17) is 0 Å². The van der Waals surface area contributed by atoms with E-state index in [-0.39, 0.29) is 0 Å². The number of pyridine rings is 1. The van der Waals surface area contributed by atoms with Crippen LogP contribution in [0.2, 0.25) is 6.32 Å². The van der Waals surface area contributed by atoms with Crippen LogP contribution >= 0.6 is 0 Å². The van der Waals surface area contributed by atoms with E-state index in [1.54, 1.807) is 0 Å². The van der Waals surface area contributed by atoms with Crippen molar-refractivity contribution in [3.63, 3.8) is 0 Å². The van der Waals surface area contributed by atoms with Gasteiger partial charge >= 0.3 is 0 Å². The summed E-state index contributed by atoms with van der Waals surface area (Å²) in [6.07, 6.45) is 10.4. The molecule has 0 bridgehead atoms. The molecule has 0 aliphatic carbocycles. The van der Waals surface area contributed by atoms with Crippen molar-refractivity contribution in [1.82, 2.24) is 0 Å². The average molecular weight is 514 g/mol. The number of aromatic nitrogens is 1. The summed E-state index contributed by atoms with van der Waals surface area (Å²) in [5.74, 6) is 0. The third kappa shape index (κ3) is 7.27. The van der Waals surface area contributed by atoms with E-state index in [2.05, 4.69) is 152 Å². The number of fused-ring (bicyclic) bond motifs is 1. The van der Waals surface area contributed by atoms with E-state index in [1.165, 1.54) is 72.1 Å². The van der Waals surface area contributed by atoms with Gasteiger partial charge in [0.15, 0.2) is 6.20 Å². The topological polar surface area (TPSA) is 3.88 Å². The fraction of sp³-hybridized carbons (Fsp3) is 0.270. The molecular formula is C37H44BN. The van der Waals surface area contributed by atoms with Crippen molar-refractivity contribution in [3.8, 4) is 0 Å². The molecule has 5 aromatic rings. The van der Waals surface area contributed by atoms with Gasteiger partial charge in [0.2, 0.25) is 5.52 Å². The van der Waals surface area contributed by atoms with Gasteiger partial charge in [0.05, 0.1) is 6.15 Å². The molecule has 0 aliphatic heterocycles. The van der Waals surface area contributed by atoms with Gasteiger partial charge in [-0.25, -0.2) is 0 Å². The molecule has 0 saturated carbocycles. The van der Waals surface area contributed by atoms with E-state index < -0.39 is 6.15 Å². The molecule has 1 aromatic heterocycles. The molecule has 4 aromatic carbocycles. The van der Waals surface area contributed by atoms with Crippen LogP contribution in [0.4, 0.5) is 0 Å². The summed E-state index contributed by atoms with van der Waals surface area (Å²) in [6, 6.07) is 46.2. The normalized spacial score (nSPS) is 11.1. The monoisotopic (exact) mass is 513 g/mol. The molecule has 0 amide bonds. The summed E-state index contributed by atoms with van der Waals surface area (Å²) in [4.78, 5) is 0. The Morgan fingerprint density at radius 2 is 0.949 bits per heavy atom. The highest BCUT2D eigenvalue weighted by atomic mass is 14.9. The number of hydrogen-bond acceptors (Lipinski definition) is 0. The zero-order valence-electron chi connectivity index (χ0n) is 23.9. The van der Waals surface area contributed by atoms with Gasteiger partial charge in [-0.1, -0.05) is 149 Å². The molecule has 1 heterocycles. The Morgan fingerprint density at radius 3 is 1.49 bits per heavy atom. The maximum Gasteiger partial charge on any atom is 0.212 e. The molecule has 0 aliphatic rings. The van der Waals surface area contributed by atoms with Gasteiger partial charge in [-0.2, -0.15) is 27.3 Å². The van der Waals surface area contributed by atoms with Crippen molar-refractivity contribution in [2.75, 3.05) is 0 Å². The minimum atomic E-state index is -0.938. The molecule has 39 heavy (non-hydrogen) atoms. The Kier molecular flexibility index (Phi) is 11.0. The lowest BCUT2D eigenvalue weighted by atomic mass is 9.14. The first kappa shape index (κ1) is 28.4. The van der Waals surface area contributed by atoms with Crippen LogP contribution in [-0.2, 0) is 6.54 Å². The zero-order valence-corrected chi connectivity index (χ0v) is 23.9. The Balaban J connectivity index is 0.000000243. The Hall–Kier alpha value is -3.65. The van der Waals surface area contributed by atoms with E-state index in [1.807, 2.05) is 0 Å². The highest BCUT2D eigenvalue weighted by Gasteiger charge is 2.29. The summed E-state index contributed by atoms with van der Waals surface area (Å²) in [5.41, 5.74) is 5.69. The standard InChI is InChI=1S/C26H32B.C11H12N/c1-2-3-4-5-6-16-23-27(24-17-10-7-11-18-24,25-19-12-8-13-20-25)26-21-14-9-15-22-26;1-2-12-9-5-7-10-6-3-4-8-11(10)12/h7-15,17-22H,2-6,16,23H2,1H3;3-9H,2H2,1H3/q-1;+1. The van der Waals surface area contributed by atoms with Gasteiger partial charge in [-0.05, 0) is 19.1 Å². The number of unbranched alkanes of at least 4 members (excludes halogenated alkanes) is 5. The summed E-state index contributed by atoms with van der Waals surface area (Å²) in [7, 11) is 0. The van der Waals surface area contributed by atoms with Crippen LogP contribution < -0.4 is 21.0 Å². The Labute approximate surface area is 236 Å². The van der Waals surface area contributed by atoms with Crippen LogP contribution in [0.25, 0.3) is 10.9 Å². The quantitative estimate of drug-likeness (QED) is 0.0970. The first-order valence-electron chi connectivity index (χ1n) is 15.0. The third-order valence-electron chi connectivity index (χ3n) is 8.23. The van der Waals surface area contributed by atoms with Gasteiger partial charge in [0.1, 0.15) is 6.54 Å². The summed E-state index contributed by atoms with van der Waals surface area (Å²) in [6.45, 7) is 5.47. The van der Waals surface area contributed by atoms with Gasteiger partial charge in [-0.15, -0.1) is 0 Å². The predicted molar refractivity (Wildman–Crippen MR) is 172 cm³/mol. The molecule has 2 heteroatoms. The number of aryl methyl sites for hydroxylation is 1. The third-order valence-corrected chi connectivity index (χ3v) is 8.23. The average Bonchev–Trinajstić information content (AvgIpc) is 3.02. The molecule has 1 nitrogen and oxygen atoms in total. The van der Waals surface area contributed by atoms with Gasteiger partial charge < -0.3 is 0 Å². The van der Waals surface area contributed by atoms with Crippen LogP contribution in [0, 0.1) is 0 Å². The van der Waals surface area contributed by atoms with Gasteiger partial charge in [0, 0.05) is 17.5 Å². The second-order valence-corrected chi connectivity index (χ2v) is 10.7. The molecule has 0 spiro atoms. The molecule has 0 fully saturated rings. The highest BCUT2D eigenvalue weighted by molar-refractivity contribution is 7.11. The van der Waals surface area contributed by atoms with Gasteiger partial charge in [-0.3, -0.25) is 0 Å². The predicted octanol–water partition coefficient (Wildman–Crippen LogP) is 7.66. The van der Waals surface area contributed by atoms with Crippen LogP contribution in [0.5, 0.6) is 0 Å². The molecule has 0 N–H and O–H groups in total. The fourth-order valence-electron chi connectivity index (χ4n) is 6.15. The molecule has 0 atom stereocenters. The minimum Gasteiger partial charge on any atom is -0.200 e. The number of benzene rings is 4. The summed E-state index contributed by atoms with van der Waals surface area (Å²) >= 11 is 0. The first-order chi connectivity index (χ1) is 19.3. The maximum atomic E-state index is 2.33. The van der Waals surface area contributed by atoms with Crippen LogP contribution in [0.15, 0.2) is 134 Å². The van der Waals surface area contributed by atoms with E-state index >= 15 is 0 Å². The summed E-state index contributed by atoms with van der Waals surface area (Å²) in [5, 5.41) is 1.31. The lowest BCUT2D eigenvalue weighted by molar-refractivity contribution is -0.667. The second-order valence-electron chi connectivity index (χ2n) is 10.7. The molecular weight excluding hydrogens is 469 g/mol. The van der Waals surface area contributed by atoms with Crippen LogP contribution in [0.1, 0.15) is 52.4 Å². The van der Waals surface area contributed by atoms with E-state index in [9.17, 15) is 0 Å². The molecule has 0 unspecified atom stereocenters. The second kappa shape index (κ2) is 15.1. The van der Waals surface area contributed by atoms with Gasteiger partial charge in [0.25, 0.3) is 0 Å². The lowest BCUT2D eigenvalue weighted by Crippen LogP contribution is -2.66. The van der Waals surface area contributed by atoms with E-state index in [0.717, 1.165) is 6.54 Å². The molecule has 0 saturated heterocycles. The van der Waals surface area contributed by atoms with Crippen molar-refractivity contribution in [1.29, 1.82) is 0 Å². The zero-order chi connectivity index (χ0) is 27.2. The van der Waals surface area contributed by atoms with Crippen LogP contribution in [-0.4, -0.2) is 6.15 Å². The smallest absolute Gasteiger partial charge is 0.200 e. The molecule has 0 radical (unpaired) electrons. The number of hydrogen-bond donors (Lipinski definition) is 0. The fourth-order valence-corrected chi connectivity index (χ4v) is 6.15. The van der Waals surface area contributed by atoms with Crippen molar-refractivity contribution in [2.45, 2.75) is 65.2 Å². The van der Waals surface area contributed by atoms with Crippen molar-refractivity contribution in [3.05, 3.63) is 134 Å². The van der Waals surface area contributed by atoms with Crippen molar-refractivity contribution >= 4 is 33.4 Å². The maximum absolute atomic E-state index is 2.33. The van der Waals surface area contributed by atoms with Crippen molar-refractivity contribution in [2.24, 2.45) is 0 Å². The molecule has 5 rings (SSSR count). The number of para-hydroxylation sites is 1. The van der Waals surface area contributed by atoms with Crippen LogP contribution in [0.3, 0.4) is 0 Å². The van der Waals surface area contributed by atoms with E-state index in [0.29, 0.717) is 0 Å².